The lowest BCUT2D eigenvalue weighted by Crippen LogP contribution is -2.71. The highest BCUT2D eigenvalue weighted by molar-refractivity contribution is 7.98. The predicted molar refractivity (Wildman–Crippen MR) is 188 cm³/mol. The van der Waals surface area contributed by atoms with Crippen molar-refractivity contribution in [3.05, 3.63) is 10.7 Å². The summed E-state index contributed by atoms with van der Waals surface area (Å²) in [5.41, 5.74) is 0.439. The van der Waals surface area contributed by atoms with Crippen molar-refractivity contribution in [2.45, 2.75) is 50.1 Å². The quantitative estimate of drug-likeness (QED) is 0.157. The zero-order chi connectivity index (χ0) is 31.7. The molecule has 1 aromatic heterocycles. The molecule has 46 heavy (non-hydrogen) atoms. The molecule has 1 aromatic rings. The van der Waals surface area contributed by atoms with E-state index in [1.54, 1.807) is 0 Å². The second-order valence-electron chi connectivity index (χ2n) is 16.4. The third-order valence-corrected chi connectivity index (χ3v) is 15.0. The molecule has 7 rings (SSSR count). The summed E-state index contributed by atoms with van der Waals surface area (Å²) in [4.78, 5) is 23.0. The van der Waals surface area contributed by atoms with Crippen molar-refractivity contribution in [3.63, 3.8) is 0 Å². The Hall–Kier alpha value is -1.01. The molecule has 7 heterocycles. The van der Waals surface area contributed by atoms with Crippen LogP contribution in [0.1, 0.15) is 55.3 Å². The highest BCUT2D eigenvalue weighted by atomic mass is 35.5. The van der Waals surface area contributed by atoms with Crippen LogP contribution in [0.2, 0.25) is 5.15 Å². The maximum Gasteiger partial charge on any atom is 0.190 e. The lowest BCUT2D eigenvalue weighted by atomic mass is 9.85. The number of rotatable bonds is 7. The Kier molecular flexibility index (Phi) is 10.2. The third kappa shape index (κ3) is 7.15. The van der Waals surface area contributed by atoms with Crippen LogP contribution in [-0.4, -0.2) is 171 Å². The van der Waals surface area contributed by atoms with Crippen LogP contribution in [0, 0.1) is 11.8 Å². The van der Waals surface area contributed by atoms with Gasteiger partial charge in [-0.3, -0.25) is 4.79 Å². The molecule has 11 heteroatoms. The number of piperidine rings is 2. The van der Waals surface area contributed by atoms with Gasteiger partial charge >= 0.3 is 0 Å². The number of carbonyl (C=O) groups excluding carboxylic acids is 1. The van der Waals surface area contributed by atoms with Crippen LogP contribution in [0.25, 0.3) is 0 Å². The van der Waals surface area contributed by atoms with Crippen molar-refractivity contribution in [1.82, 2.24) is 15.3 Å². The fraction of sp³-hybridized carbons (Fsp3) is 0.857. The lowest BCUT2D eigenvalue weighted by Gasteiger charge is -2.54. The summed E-state index contributed by atoms with van der Waals surface area (Å²) in [5.74, 6) is 2.69. The number of carbonyl (C=O) groups is 1. The number of nitrogens with one attached hydrogen (secondary N) is 1. The molecule has 0 saturated carbocycles. The van der Waals surface area contributed by atoms with Crippen molar-refractivity contribution in [1.29, 1.82) is 0 Å². The minimum atomic E-state index is 0.275. The number of hydrogen-bond acceptors (Lipinski definition) is 6. The summed E-state index contributed by atoms with van der Waals surface area (Å²) in [6.45, 7) is 26.2. The molecule has 4 spiro atoms. The molecule has 6 aliphatic heterocycles. The van der Waals surface area contributed by atoms with Gasteiger partial charge in [0, 0.05) is 13.1 Å². The molecular weight excluding hydrogens is 616 g/mol. The lowest BCUT2D eigenvalue weighted by molar-refractivity contribution is -1.03. The molecule has 0 aliphatic carbocycles. The number of hydrogen-bond donors (Lipinski definition) is 1. The maximum atomic E-state index is 11.8. The van der Waals surface area contributed by atoms with Gasteiger partial charge in [0.1, 0.15) is 63.3 Å². The zero-order valence-electron chi connectivity index (χ0n) is 28.6. The van der Waals surface area contributed by atoms with Crippen LogP contribution in [0.15, 0.2) is 5.16 Å². The van der Waals surface area contributed by atoms with E-state index in [1.165, 1.54) is 179 Å². The van der Waals surface area contributed by atoms with Crippen molar-refractivity contribution in [2.75, 3.05) is 142 Å². The first-order chi connectivity index (χ1) is 22.4. The van der Waals surface area contributed by atoms with E-state index < -0.39 is 0 Å². The molecule has 9 nitrogen and oxygen atoms in total. The summed E-state index contributed by atoms with van der Waals surface area (Å²) in [6, 6.07) is 0. The van der Waals surface area contributed by atoms with E-state index in [1.807, 2.05) is 6.26 Å². The fourth-order valence-electron chi connectivity index (χ4n) is 10.4. The van der Waals surface area contributed by atoms with Gasteiger partial charge in [-0.25, -0.2) is 9.97 Å². The molecule has 256 valence electrons. The zero-order valence-corrected chi connectivity index (χ0v) is 30.2. The first kappa shape index (κ1) is 33.5. The summed E-state index contributed by atoms with van der Waals surface area (Å²) in [7, 11) is 0. The minimum Gasteiger partial charge on any atom is -0.345 e. The summed E-state index contributed by atoms with van der Waals surface area (Å²) in [5, 5.41) is 4.49. The van der Waals surface area contributed by atoms with Crippen molar-refractivity contribution < 1.29 is 22.7 Å². The largest absolute Gasteiger partial charge is 0.345 e. The molecule has 0 aromatic carbocycles. The predicted octanol–water partition coefficient (Wildman–Crippen LogP) is 3.37. The number of halogens is 1. The van der Waals surface area contributed by atoms with Crippen molar-refractivity contribution >= 4 is 35.5 Å². The monoisotopic (exact) mass is 676 g/mol. The Morgan fingerprint density at radius 2 is 1.17 bits per heavy atom. The number of quaternary nitrogens is 4. The van der Waals surface area contributed by atoms with Crippen LogP contribution >= 0.6 is 23.4 Å². The second-order valence-corrected chi connectivity index (χ2v) is 17.5. The van der Waals surface area contributed by atoms with Gasteiger partial charge in [-0.1, -0.05) is 42.6 Å². The van der Waals surface area contributed by atoms with Gasteiger partial charge in [-0.2, -0.15) is 0 Å². The Labute approximate surface area is 287 Å². The smallest absolute Gasteiger partial charge is 0.190 e. The molecule has 6 fully saturated rings. The molecule has 0 bridgehead atoms. The van der Waals surface area contributed by atoms with Gasteiger partial charge < -0.3 is 28.1 Å². The topological polar surface area (TPSA) is 58.1 Å². The first-order valence-electron chi connectivity index (χ1n) is 18.8. The summed E-state index contributed by atoms with van der Waals surface area (Å²) >= 11 is 7.82. The normalized spacial score (nSPS) is 27.8. The van der Waals surface area contributed by atoms with Crippen molar-refractivity contribution in [2.24, 2.45) is 11.8 Å². The highest BCUT2D eigenvalue weighted by Gasteiger charge is 2.46. The minimum absolute atomic E-state index is 0.275. The van der Waals surface area contributed by atoms with E-state index in [9.17, 15) is 4.79 Å². The van der Waals surface area contributed by atoms with Gasteiger partial charge in [-0.05, 0) is 43.8 Å². The van der Waals surface area contributed by atoms with E-state index in [4.69, 9.17) is 11.6 Å². The molecule has 0 radical (unpaired) electrons. The standard InChI is InChI=1S/C35H61ClN8OS/c1-46-35-38-33(36)32(29-45)34(39-35)40-11-19-44(20-12-40)27-23-42(24-28-44)15-7-31(8-16-42)4-2-3-30-5-13-41(14-6-30)21-25-43(26-22-41)17-9-37-10-18-43/h29-31,37H,2-28H2,1H3/q+4. The number of piperazine rings is 4. The van der Waals surface area contributed by atoms with E-state index in [0.717, 1.165) is 50.1 Å². The number of aldehydes is 1. The third-order valence-electron chi connectivity index (χ3n) is 14.1. The number of anilines is 1. The first-order valence-corrected chi connectivity index (χ1v) is 20.4. The van der Waals surface area contributed by atoms with Gasteiger partial charge in [-0.15, -0.1) is 0 Å². The van der Waals surface area contributed by atoms with E-state index in [-0.39, 0.29) is 5.15 Å². The molecule has 0 atom stereocenters. The Balaban J connectivity index is 0.801. The van der Waals surface area contributed by atoms with Crippen LogP contribution in [0.3, 0.4) is 0 Å². The van der Waals surface area contributed by atoms with Gasteiger partial charge in [0.2, 0.25) is 0 Å². The second kappa shape index (κ2) is 14.1. The number of thioether (sulfide) groups is 1. The van der Waals surface area contributed by atoms with Crippen LogP contribution < -0.4 is 10.2 Å². The van der Waals surface area contributed by atoms with E-state index in [0.29, 0.717) is 10.7 Å². The maximum absolute atomic E-state index is 11.8. The van der Waals surface area contributed by atoms with Crippen LogP contribution in [0.5, 0.6) is 0 Å². The average Bonchev–Trinajstić information content (AvgIpc) is 3.10. The molecule has 0 unspecified atom stereocenters. The van der Waals surface area contributed by atoms with E-state index in [2.05, 4.69) is 20.2 Å². The highest BCUT2D eigenvalue weighted by Crippen LogP contribution is 2.35. The van der Waals surface area contributed by atoms with E-state index >= 15 is 0 Å². The summed E-state index contributed by atoms with van der Waals surface area (Å²) < 4.78 is 5.50. The fourth-order valence-corrected chi connectivity index (χ4v) is 11.0. The number of aromatic nitrogens is 2. The molecule has 0 amide bonds. The van der Waals surface area contributed by atoms with Gasteiger partial charge in [0.15, 0.2) is 11.4 Å². The molecular formula is C35H61ClN8OS+4. The van der Waals surface area contributed by atoms with Crippen LogP contribution in [0.4, 0.5) is 5.82 Å². The van der Waals surface area contributed by atoms with Crippen LogP contribution in [-0.2, 0) is 0 Å². The average molecular weight is 677 g/mol. The molecule has 6 saturated heterocycles. The SMILES string of the molecule is CSc1nc(Cl)c(C=O)c(N2CC[N+]3(CC2)CC[N+]2(CCC(CCCC4CC[N+]5(CC4)CC[N+]4(CCNCC4)CC5)CC2)CC3)n1. The van der Waals surface area contributed by atoms with Crippen molar-refractivity contribution in [3.8, 4) is 0 Å². The molecule has 6 aliphatic rings. The number of nitrogens with zero attached hydrogens (tertiary/aromatic N) is 7. The molecule has 1 N–H and O–H groups in total. The Morgan fingerprint density at radius 1 is 0.717 bits per heavy atom. The Bertz CT molecular complexity index is 1180. The summed E-state index contributed by atoms with van der Waals surface area (Å²) in [6.07, 6.45) is 13.1. The van der Waals surface area contributed by atoms with Gasteiger partial charge in [0.05, 0.1) is 71.0 Å². The Morgan fingerprint density at radius 3 is 1.63 bits per heavy atom. The van der Waals surface area contributed by atoms with Gasteiger partial charge in [0.25, 0.3) is 0 Å².